The molecule has 5 rings (SSSR count). The van der Waals surface area contributed by atoms with E-state index < -0.39 is 23.8 Å². The number of hydrogen-bond acceptors (Lipinski definition) is 7. The smallest absolute Gasteiger partial charge is 0.266 e. The number of halogens is 1. The molecule has 12 nitrogen and oxygen atoms in total. The van der Waals surface area contributed by atoms with Crippen molar-refractivity contribution >= 4 is 29.3 Å². The molecule has 1 aromatic heterocycles. The Morgan fingerprint density at radius 2 is 1.77 bits per heavy atom. The molecule has 1 aliphatic heterocycles. The normalized spacial score (nSPS) is 19.4. The zero-order valence-corrected chi connectivity index (χ0v) is 28.3. The number of benzene rings is 1. The Balaban J connectivity index is 0.000000427. The number of carbonyl (C=O) groups excluding carboxylic acids is 4. The molecule has 0 radical (unpaired) electrons. The summed E-state index contributed by atoms with van der Waals surface area (Å²) in [5.41, 5.74) is 6.24. The Bertz CT molecular complexity index is 1400. The molecule has 13 heteroatoms. The van der Waals surface area contributed by atoms with E-state index in [1.807, 2.05) is 14.0 Å². The highest BCUT2D eigenvalue weighted by Gasteiger charge is 2.42. The first-order valence-electron chi connectivity index (χ1n) is 16.8. The van der Waals surface area contributed by atoms with Crippen LogP contribution in [0.3, 0.4) is 0 Å². The number of primary amides is 1. The predicted octanol–water partition coefficient (Wildman–Crippen LogP) is 2.39. The molecule has 0 bridgehead atoms. The van der Waals surface area contributed by atoms with Crippen LogP contribution in [0.25, 0.3) is 0 Å². The Morgan fingerprint density at radius 3 is 2.30 bits per heavy atom. The number of nitrogens with zero attached hydrogens (tertiary/aromatic N) is 4. The molecule has 2 saturated carbocycles. The Morgan fingerprint density at radius 1 is 1.09 bits per heavy atom. The summed E-state index contributed by atoms with van der Waals surface area (Å²) in [6.07, 6.45) is 6.98. The predicted molar refractivity (Wildman–Crippen MR) is 178 cm³/mol. The van der Waals surface area contributed by atoms with Gasteiger partial charge in [-0.05, 0) is 102 Å². The minimum Gasteiger partial charge on any atom is -0.364 e. The number of aromatic nitrogens is 2. The van der Waals surface area contributed by atoms with Crippen LogP contribution in [0.5, 0.6) is 0 Å². The van der Waals surface area contributed by atoms with Crippen molar-refractivity contribution in [3.63, 3.8) is 0 Å². The number of amides is 4. The summed E-state index contributed by atoms with van der Waals surface area (Å²) in [7, 11) is 3.71. The fourth-order valence-electron chi connectivity index (χ4n) is 6.10. The lowest BCUT2D eigenvalue weighted by atomic mass is 9.94. The number of rotatable bonds is 13. The van der Waals surface area contributed by atoms with Gasteiger partial charge in [0.15, 0.2) is 0 Å². The third-order valence-electron chi connectivity index (χ3n) is 9.60. The maximum atomic E-state index is 15.0. The van der Waals surface area contributed by atoms with Gasteiger partial charge in [0, 0.05) is 51.3 Å². The van der Waals surface area contributed by atoms with Gasteiger partial charge in [-0.3, -0.25) is 23.9 Å². The van der Waals surface area contributed by atoms with E-state index in [2.05, 4.69) is 32.9 Å². The quantitative estimate of drug-likeness (QED) is 0.259. The van der Waals surface area contributed by atoms with Crippen molar-refractivity contribution in [1.82, 2.24) is 30.2 Å². The molecule has 2 aliphatic carbocycles. The highest BCUT2D eigenvalue weighted by atomic mass is 19.1. The Labute approximate surface area is 277 Å². The van der Waals surface area contributed by atoms with E-state index in [4.69, 9.17) is 5.73 Å². The van der Waals surface area contributed by atoms with E-state index in [9.17, 15) is 19.2 Å². The van der Waals surface area contributed by atoms with Crippen molar-refractivity contribution in [1.29, 1.82) is 0 Å². The van der Waals surface area contributed by atoms with Gasteiger partial charge in [0.1, 0.15) is 17.6 Å². The molecule has 2 heterocycles. The summed E-state index contributed by atoms with van der Waals surface area (Å²) < 4.78 is 16.6. The minimum absolute atomic E-state index is 0.138. The van der Waals surface area contributed by atoms with E-state index in [1.54, 1.807) is 47.9 Å². The van der Waals surface area contributed by atoms with Crippen molar-refractivity contribution in [2.24, 2.45) is 23.5 Å². The van der Waals surface area contributed by atoms with Crippen molar-refractivity contribution in [2.45, 2.75) is 84.0 Å². The summed E-state index contributed by atoms with van der Waals surface area (Å²) in [5, 5.41) is 12.4. The monoisotopic (exact) mass is 654 g/mol. The number of piperazine rings is 1. The van der Waals surface area contributed by atoms with E-state index >= 15 is 4.39 Å². The van der Waals surface area contributed by atoms with Crippen LogP contribution >= 0.6 is 0 Å². The highest BCUT2D eigenvalue weighted by molar-refractivity contribution is 5.92. The van der Waals surface area contributed by atoms with Gasteiger partial charge in [-0.2, -0.15) is 5.10 Å². The molecule has 1 saturated heterocycles. The lowest BCUT2D eigenvalue weighted by molar-refractivity contribution is -0.139. The van der Waals surface area contributed by atoms with Crippen LogP contribution in [-0.4, -0.2) is 95.1 Å². The number of nitrogens with two attached hydrogens (primary N) is 1. The standard InChI is InChI=1S/C28H42FN5O3.C6H9N3O/c1-17-16-34(12-11-33(17)4)28(37)25(32-27(36)18(2)30-3)14-19-5-10-24(23(29)13-19)31-26(35)15-22(20-6-7-20)21-8-9-21;1-2-9-5(6(7)10)3-4-8-9/h5,10,13,17-18,20-22,25,30H,6-9,11-12,14-16H2,1-4H3,(H,31,35)(H,32,36);3-4H,2H2,1H3,(H2,7,10)/t17-,18+,25?;/m1./s1. The number of anilines is 1. The number of aryl methyl sites for hydroxylation is 1. The Kier molecular flexibility index (Phi) is 12.5. The maximum Gasteiger partial charge on any atom is 0.266 e. The van der Waals surface area contributed by atoms with Crippen LogP contribution in [0.1, 0.15) is 68.9 Å². The lowest BCUT2D eigenvalue weighted by Gasteiger charge is -2.39. The molecule has 3 fully saturated rings. The molecule has 3 atom stereocenters. The number of nitrogens with one attached hydrogen (secondary N) is 3. The summed E-state index contributed by atoms with van der Waals surface area (Å²) in [6.45, 7) is 8.27. The van der Waals surface area contributed by atoms with Crippen LogP contribution < -0.4 is 21.7 Å². The maximum absolute atomic E-state index is 15.0. The molecule has 4 amide bonds. The van der Waals surface area contributed by atoms with Crippen molar-refractivity contribution in [2.75, 3.05) is 39.0 Å². The SMILES string of the molecule is CCn1nccc1C(N)=O.CN[C@@H](C)C(=O)NC(Cc1ccc(NC(=O)CC(C2CC2)C2CC2)c(F)c1)C(=O)N1CCN(C)[C@H](C)C1. The van der Waals surface area contributed by atoms with Gasteiger partial charge in [0.05, 0.1) is 11.7 Å². The van der Waals surface area contributed by atoms with Gasteiger partial charge in [-0.1, -0.05) is 6.07 Å². The molecule has 3 aliphatic rings. The van der Waals surface area contributed by atoms with E-state index in [0.717, 1.165) is 6.54 Å². The average Bonchev–Trinajstić information content (AvgIpc) is 4.00. The van der Waals surface area contributed by atoms with Crippen molar-refractivity contribution < 1.29 is 23.6 Å². The molecule has 1 aromatic carbocycles. The van der Waals surface area contributed by atoms with E-state index in [0.29, 0.717) is 55.1 Å². The minimum atomic E-state index is -0.809. The lowest BCUT2D eigenvalue weighted by Crippen LogP contribution is -2.58. The highest BCUT2D eigenvalue weighted by Crippen LogP contribution is 2.50. The fraction of sp³-hybridized carbons (Fsp3) is 0.618. The number of hydrogen-bond donors (Lipinski definition) is 4. The summed E-state index contributed by atoms with van der Waals surface area (Å²) >= 11 is 0. The molecule has 1 unspecified atom stereocenters. The van der Waals surface area contributed by atoms with Crippen LogP contribution in [0.15, 0.2) is 30.5 Å². The zero-order chi connectivity index (χ0) is 34.2. The largest absolute Gasteiger partial charge is 0.364 e. The third kappa shape index (κ3) is 10.1. The molecule has 258 valence electrons. The van der Waals surface area contributed by atoms with Gasteiger partial charge in [-0.25, -0.2) is 4.39 Å². The van der Waals surface area contributed by atoms with Gasteiger partial charge >= 0.3 is 0 Å². The molecular weight excluding hydrogens is 603 g/mol. The first kappa shape index (κ1) is 36.0. The van der Waals surface area contributed by atoms with Crippen LogP contribution in [0, 0.1) is 23.6 Å². The van der Waals surface area contributed by atoms with Crippen molar-refractivity contribution in [3.8, 4) is 0 Å². The molecule has 47 heavy (non-hydrogen) atoms. The van der Waals surface area contributed by atoms with Crippen LogP contribution in [0.2, 0.25) is 0 Å². The average molecular weight is 655 g/mol. The molecule has 5 N–H and O–H groups in total. The molecule has 2 aromatic rings. The molecular formula is C34H51FN8O4. The number of likely N-dealkylation sites (N-methyl/N-ethyl adjacent to an activating group) is 2. The second kappa shape index (κ2) is 16.3. The van der Waals surface area contributed by atoms with Crippen LogP contribution in [-0.2, 0) is 27.3 Å². The van der Waals surface area contributed by atoms with Crippen LogP contribution in [0.4, 0.5) is 10.1 Å². The Hall–Kier alpha value is -3.84. The summed E-state index contributed by atoms with van der Waals surface area (Å²) in [4.78, 5) is 53.3. The second-order valence-corrected chi connectivity index (χ2v) is 13.2. The first-order valence-corrected chi connectivity index (χ1v) is 16.8. The van der Waals surface area contributed by atoms with Gasteiger partial charge in [0.25, 0.3) is 5.91 Å². The van der Waals surface area contributed by atoms with Gasteiger partial charge in [0.2, 0.25) is 17.7 Å². The van der Waals surface area contributed by atoms with Gasteiger partial charge < -0.3 is 31.5 Å². The third-order valence-corrected chi connectivity index (χ3v) is 9.60. The second-order valence-electron chi connectivity index (χ2n) is 13.2. The molecule has 0 spiro atoms. The van der Waals surface area contributed by atoms with Crippen molar-refractivity contribution in [3.05, 3.63) is 47.5 Å². The zero-order valence-electron chi connectivity index (χ0n) is 28.3. The van der Waals surface area contributed by atoms with E-state index in [1.165, 1.54) is 31.7 Å². The van der Waals surface area contributed by atoms with E-state index in [-0.39, 0.29) is 35.9 Å². The summed E-state index contributed by atoms with van der Waals surface area (Å²) in [6, 6.07) is 5.18. The van der Waals surface area contributed by atoms with Gasteiger partial charge in [-0.15, -0.1) is 0 Å². The fourth-order valence-corrected chi connectivity index (χ4v) is 6.10. The summed E-state index contributed by atoms with van der Waals surface area (Å²) in [5.74, 6) is 0.187. The number of carbonyl (C=O) groups is 4. The topological polar surface area (TPSA) is 155 Å². The first-order chi connectivity index (χ1) is 22.4.